The number of rotatable bonds is 11. The molecule has 0 bridgehead atoms. The minimum Gasteiger partial charge on any atom is -0.494 e. The molecule has 7 heteroatoms. The first-order valence-electron chi connectivity index (χ1n) is 15.0. The highest BCUT2D eigenvalue weighted by atomic mass is 35.5. The lowest BCUT2D eigenvalue weighted by atomic mass is 10.0. The van der Waals surface area contributed by atoms with Gasteiger partial charge in [-0.05, 0) is 61.2 Å². The first kappa shape index (κ1) is 31.5. The van der Waals surface area contributed by atoms with Gasteiger partial charge in [0.2, 0.25) is 0 Å². The molecular weight excluding hydrogens is 535 g/mol. The average molecular weight is 581 g/mol. The highest BCUT2D eigenvalue weighted by molar-refractivity contribution is 5.85. The molecule has 222 valence electrons. The zero-order chi connectivity index (χ0) is 27.7. The van der Waals surface area contributed by atoms with E-state index in [4.69, 9.17) is 4.74 Å². The van der Waals surface area contributed by atoms with Crippen LogP contribution in [0.4, 0.5) is 4.39 Å². The Bertz CT molecular complexity index is 1160. The van der Waals surface area contributed by atoms with Gasteiger partial charge in [-0.3, -0.25) is 14.7 Å². The minimum absolute atomic E-state index is 0. The lowest BCUT2D eigenvalue weighted by molar-refractivity contribution is 0.0476. The van der Waals surface area contributed by atoms with Crippen LogP contribution in [0.25, 0.3) is 11.1 Å². The Morgan fingerprint density at radius 3 is 2.02 bits per heavy atom. The summed E-state index contributed by atoms with van der Waals surface area (Å²) in [7, 11) is 0. The van der Waals surface area contributed by atoms with Crippen LogP contribution in [-0.2, 0) is 0 Å². The van der Waals surface area contributed by atoms with E-state index in [2.05, 4.69) is 75.9 Å². The lowest BCUT2D eigenvalue weighted by Crippen LogP contribution is -2.53. The van der Waals surface area contributed by atoms with E-state index < -0.39 is 0 Å². The molecule has 3 aromatic rings. The van der Waals surface area contributed by atoms with Crippen LogP contribution in [0.15, 0.2) is 78.9 Å². The number of benzene rings is 3. The zero-order valence-electron chi connectivity index (χ0n) is 24.6. The van der Waals surface area contributed by atoms with E-state index in [0.717, 1.165) is 84.2 Å². The van der Waals surface area contributed by atoms with Gasteiger partial charge in [0.15, 0.2) is 0 Å². The third-order valence-electron chi connectivity index (χ3n) is 8.50. The molecule has 2 saturated heterocycles. The maximum Gasteiger partial charge on any atom is 0.123 e. The van der Waals surface area contributed by atoms with Gasteiger partial charge in [-0.25, -0.2) is 4.39 Å². The van der Waals surface area contributed by atoms with Crippen molar-refractivity contribution in [3.8, 4) is 16.9 Å². The molecule has 0 N–H and O–H groups in total. The van der Waals surface area contributed by atoms with Crippen molar-refractivity contribution >= 4 is 12.4 Å². The second-order valence-electron chi connectivity index (χ2n) is 11.5. The molecule has 0 amide bonds. The minimum atomic E-state index is -0.159. The lowest BCUT2D eigenvalue weighted by Gasteiger charge is -2.43. The monoisotopic (exact) mass is 580 g/mol. The topological polar surface area (TPSA) is 22.2 Å². The van der Waals surface area contributed by atoms with Crippen molar-refractivity contribution in [1.29, 1.82) is 0 Å². The van der Waals surface area contributed by atoms with Gasteiger partial charge < -0.3 is 9.64 Å². The van der Waals surface area contributed by atoms with Crippen LogP contribution in [0, 0.1) is 5.82 Å². The predicted molar refractivity (Wildman–Crippen MR) is 170 cm³/mol. The van der Waals surface area contributed by atoms with Gasteiger partial charge in [0.05, 0.1) is 6.61 Å². The molecule has 3 aromatic carbocycles. The van der Waals surface area contributed by atoms with E-state index in [9.17, 15) is 4.39 Å². The summed E-state index contributed by atoms with van der Waals surface area (Å²) >= 11 is 0. The van der Waals surface area contributed by atoms with Gasteiger partial charge >= 0.3 is 0 Å². The molecule has 2 fully saturated rings. The smallest absolute Gasteiger partial charge is 0.123 e. The molecule has 0 saturated carbocycles. The fourth-order valence-electron chi connectivity index (χ4n) is 6.00. The standard InChI is InChI=1S/C34H45FN4O.ClH/c1-28(2)38-21-23-39(24-22-38)34(30-12-14-32(35)15-13-30)27-37-19-17-36(18-20-37)16-7-25-40-33-11-6-10-31(26-33)29-8-4-3-5-9-29;/h3-6,8-15,26,28,34H,7,16-25,27H2,1-2H3;1H. The zero-order valence-corrected chi connectivity index (χ0v) is 25.4. The Morgan fingerprint density at radius 1 is 0.707 bits per heavy atom. The fraction of sp³-hybridized carbons (Fsp3) is 0.471. The molecular formula is C34H46ClFN4O. The van der Waals surface area contributed by atoms with E-state index in [-0.39, 0.29) is 18.2 Å². The Balaban J connectivity index is 0.00000387. The Hall–Kier alpha value is -2.48. The summed E-state index contributed by atoms with van der Waals surface area (Å²) in [6.45, 7) is 16.0. The third kappa shape index (κ3) is 9.00. The molecule has 1 unspecified atom stereocenters. The molecule has 0 radical (unpaired) electrons. The summed E-state index contributed by atoms with van der Waals surface area (Å²) in [6, 6.07) is 26.9. The van der Waals surface area contributed by atoms with Crippen LogP contribution >= 0.6 is 12.4 Å². The molecule has 1 atom stereocenters. The molecule has 0 spiro atoms. The summed E-state index contributed by atoms with van der Waals surface area (Å²) in [4.78, 5) is 10.3. The van der Waals surface area contributed by atoms with Crippen LogP contribution < -0.4 is 4.74 Å². The van der Waals surface area contributed by atoms with E-state index >= 15 is 0 Å². The van der Waals surface area contributed by atoms with Crippen LogP contribution in [0.5, 0.6) is 5.75 Å². The van der Waals surface area contributed by atoms with Gasteiger partial charge in [-0.15, -0.1) is 12.4 Å². The second kappa shape index (κ2) is 15.7. The summed E-state index contributed by atoms with van der Waals surface area (Å²) in [5.41, 5.74) is 3.63. The average Bonchev–Trinajstić information content (AvgIpc) is 3.00. The van der Waals surface area contributed by atoms with Crippen molar-refractivity contribution in [2.24, 2.45) is 0 Å². The second-order valence-corrected chi connectivity index (χ2v) is 11.5. The number of hydrogen-bond donors (Lipinski definition) is 0. The first-order valence-corrected chi connectivity index (χ1v) is 15.0. The molecule has 2 aliphatic heterocycles. The van der Waals surface area contributed by atoms with Gasteiger partial charge in [-0.1, -0.05) is 54.6 Å². The quantitative estimate of drug-likeness (QED) is 0.256. The molecule has 5 nitrogen and oxygen atoms in total. The van der Waals surface area contributed by atoms with Crippen LogP contribution in [-0.4, -0.2) is 97.7 Å². The predicted octanol–water partition coefficient (Wildman–Crippen LogP) is 6.07. The van der Waals surface area contributed by atoms with Crippen molar-refractivity contribution in [3.05, 3.63) is 90.2 Å². The summed E-state index contributed by atoms with van der Waals surface area (Å²) in [5, 5.41) is 0. The summed E-state index contributed by atoms with van der Waals surface area (Å²) in [6.07, 6.45) is 1.02. The van der Waals surface area contributed by atoms with E-state index in [0.29, 0.717) is 12.1 Å². The van der Waals surface area contributed by atoms with Crippen LogP contribution in [0.2, 0.25) is 0 Å². The highest BCUT2D eigenvalue weighted by Gasteiger charge is 2.29. The van der Waals surface area contributed by atoms with Crippen molar-refractivity contribution in [3.63, 3.8) is 0 Å². The summed E-state index contributed by atoms with van der Waals surface area (Å²) < 4.78 is 19.8. The van der Waals surface area contributed by atoms with E-state index in [1.807, 2.05) is 24.3 Å². The Labute approximate surface area is 252 Å². The largest absolute Gasteiger partial charge is 0.494 e. The number of piperazine rings is 2. The van der Waals surface area contributed by atoms with Gasteiger partial charge in [0, 0.05) is 77.5 Å². The Kier molecular flexibility index (Phi) is 12.0. The molecule has 0 aliphatic carbocycles. The number of halogens is 2. The SMILES string of the molecule is CC(C)N1CCN(C(CN2CCN(CCCOc3cccc(-c4ccccc4)c3)CC2)c2ccc(F)cc2)CC1.Cl. The summed E-state index contributed by atoms with van der Waals surface area (Å²) in [5.74, 6) is 0.779. The first-order chi connectivity index (χ1) is 19.5. The molecule has 2 aliphatic rings. The molecule has 0 aromatic heterocycles. The third-order valence-corrected chi connectivity index (χ3v) is 8.50. The number of hydrogen-bond acceptors (Lipinski definition) is 5. The molecule has 2 heterocycles. The van der Waals surface area contributed by atoms with Gasteiger partial charge in [-0.2, -0.15) is 0 Å². The van der Waals surface area contributed by atoms with E-state index in [1.54, 1.807) is 12.1 Å². The van der Waals surface area contributed by atoms with Crippen LogP contribution in [0.3, 0.4) is 0 Å². The highest BCUT2D eigenvalue weighted by Crippen LogP contribution is 2.26. The molecule has 41 heavy (non-hydrogen) atoms. The maximum absolute atomic E-state index is 13.7. The van der Waals surface area contributed by atoms with Crippen LogP contribution in [0.1, 0.15) is 31.9 Å². The van der Waals surface area contributed by atoms with Crippen molar-refractivity contribution < 1.29 is 9.13 Å². The molecule has 5 rings (SSSR count). The normalized spacial score (nSPS) is 18.2. The van der Waals surface area contributed by atoms with Gasteiger partial charge in [0.25, 0.3) is 0 Å². The van der Waals surface area contributed by atoms with Crippen molar-refractivity contribution in [2.75, 3.05) is 72.1 Å². The Morgan fingerprint density at radius 2 is 1.34 bits per heavy atom. The number of ether oxygens (including phenoxy) is 1. The van der Waals surface area contributed by atoms with E-state index in [1.165, 1.54) is 16.7 Å². The van der Waals surface area contributed by atoms with Crippen molar-refractivity contribution in [2.45, 2.75) is 32.4 Å². The van der Waals surface area contributed by atoms with Crippen molar-refractivity contribution in [1.82, 2.24) is 19.6 Å². The number of nitrogens with zero attached hydrogens (tertiary/aromatic N) is 4. The maximum atomic E-state index is 13.7. The fourth-order valence-corrected chi connectivity index (χ4v) is 6.00. The van der Waals surface area contributed by atoms with Gasteiger partial charge in [0.1, 0.15) is 11.6 Å².